The van der Waals surface area contributed by atoms with E-state index in [1.807, 2.05) is 24.4 Å². The van der Waals surface area contributed by atoms with E-state index in [4.69, 9.17) is 4.74 Å². The predicted molar refractivity (Wildman–Crippen MR) is 95.1 cm³/mol. The summed E-state index contributed by atoms with van der Waals surface area (Å²) in [4.78, 5) is 15.5. The number of aromatic amines is 1. The van der Waals surface area contributed by atoms with Crippen LogP contribution >= 0.6 is 0 Å². The first kappa shape index (κ1) is 15.6. The summed E-state index contributed by atoms with van der Waals surface area (Å²) in [5.74, 6) is 3.70. The van der Waals surface area contributed by atoms with Gasteiger partial charge >= 0.3 is 0 Å². The van der Waals surface area contributed by atoms with Gasteiger partial charge in [-0.25, -0.2) is 0 Å². The van der Waals surface area contributed by atoms with Crippen molar-refractivity contribution >= 4 is 16.8 Å². The number of hydrogen-bond donors (Lipinski definition) is 2. The minimum Gasteiger partial charge on any atom is -0.497 e. The number of rotatable bonds is 6. The normalized spacial score (nSPS) is 25.3. The van der Waals surface area contributed by atoms with Crippen LogP contribution in [-0.2, 0) is 11.2 Å². The molecule has 128 valence electrons. The zero-order valence-corrected chi connectivity index (χ0v) is 14.3. The molecule has 4 heteroatoms. The second-order valence-corrected chi connectivity index (χ2v) is 7.48. The number of methoxy groups -OCH3 is 1. The van der Waals surface area contributed by atoms with Crippen molar-refractivity contribution in [2.75, 3.05) is 13.7 Å². The monoisotopic (exact) mass is 326 g/mol. The molecule has 24 heavy (non-hydrogen) atoms. The number of H-pyrrole nitrogens is 1. The van der Waals surface area contributed by atoms with E-state index in [0.29, 0.717) is 6.42 Å². The van der Waals surface area contributed by atoms with Gasteiger partial charge in [-0.05, 0) is 67.2 Å². The Balaban J connectivity index is 1.31. The third kappa shape index (κ3) is 3.02. The number of aromatic nitrogens is 1. The lowest BCUT2D eigenvalue weighted by molar-refractivity contribution is -0.120. The summed E-state index contributed by atoms with van der Waals surface area (Å²) in [5, 5.41) is 4.18. The van der Waals surface area contributed by atoms with Gasteiger partial charge in [0.15, 0.2) is 0 Å². The Labute approximate surface area is 143 Å². The van der Waals surface area contributed by atoms with Gasteiger partial charge in [-0.15, -0.1) is 0 Å². The van der Waals surface area contributed by atoms with Gasteiger partial charge in [0.1, 0.15) is 5.75 Å². The van der Waals surface area contributed by atoms with E-state index in [1.165, 1.54) is 25.7 Å². The molecule has 0 aliphatic heterocycles. The van der Waals surface area contributed by atoms with Gasteiger partial charge in [-0.2, -0.15) is 0 Å². The average Bonchev–Trinajstić information content (AvgIpc) is 3.30. The lowest BCUT2D eigenvalue weighted by Crippen LogP contribution is -2.28. The quantitative estimate of drug-likeness (QED) is 0.851. The number of fused-ring (bicyclic) bond motifs is 3. The molecule has 3 atom stereocenters. The maximum atomic E-state index is 12.3. The molecule has 2 aliphatic carbocycles. The minimum absolute atomic E-state index is 0.113. The van der Waals surface area contributed by atoms with Crippen molar-refractivity contribution in [2.24, 2.45) is 17.8 Å². The van der Waals surface area contributed by atoms with E-state index in [9.17, 15) is 4.79 Å². The summed E-state index contributed by atoms with van der Waals surface area (Å²) in [6, 6.07) is 5.91. The van der Waals surface area contributed by atoms with Gasteiger partial charge in [0.05, 0.1) is 13.5 Å². The van der Waals surface area contributed by atoms with Crippen molar-refractivity contribution < 1.29 is 9.53 Å². The van der Waals surface area contributed by atoms with Crippen LogP contribution in [0.2, 0.25) is 0 Å². The highest BCUT2D eigenvalue weighted by atomic mass is 16.5. The molecule has 3 unspecified atom stereocenters. The lowest BCUT2D eigenvalue weighted by Gasteiger charge is -2.21. The SMILES string of the molecule is COc1ccc2[nH]cc(CC(=O)NCCC3CC4CCC3C4)c2c1. The smallest absolute Gasteiger partial charge is 0.224 e. The van der Waals surface area contributed by atoms with Gasteiger partial charge < -0.3 is 15.0 Å². The van der Waals surface area contributed by atoms with Gasteiger partial charge in [-0.3, -0.25) is 4.79 Å². The van der Waals surface area contributed by atoms with Crippen LogP contribution in [0, 0.1) is 17.8 Å². The molecule has 1 heterocycles. The number of benzene rings is 1. The molecular formula is C20H26N2O2. The molecule has 1 aromatic carbocycles. The Kier molecular flexibility index (Phi) is 4.21. The number of carbonyl (C=O) groups is 1. The van der Waals surface area contributed by atoms with E-state index in [0.717, 1.165) is 52.9 Å². The molecular weight excluding hydrogens is 300 g/mol. The molecule has 1 amide bonds. The standard InChI is InChI=1S/C20H26N2O2/c1-24-17-4-5-19-18(11-17)16(12-22-19)10-20(23)21-7-6-15-9-13-2-3-14(15)8-13/h4-5,11-15,22H,2-3,6-10H2,1H3,(H,21,23). The van der Waals surface area contributed by atoms with Crippen molar-refractivity contribution in [3.05, 3.63) is 30.0 Å². The van der Waals surface area contributed by atoms with Crippen LogP contribution in [0.25, 0.3) is 10.9 Å². The summed E-state index contributed by atoms with van der Waals surface area (Å²) in [6.07, 6.45) is 9.19. The van der Waals surface area contributed by atoms with Crippen LogP contribution in [0.3, 0.4) is 0 Å². The summed E-state index contributed by atoms with van der Waals surface area (Å²) in [7, 11) is 1.66. The zero-order valence-electron chi connectivity index (χ0n) is 14.3. The van der Waals surface area contributed by atoms with E-state index in [-0.39, 0.29) is 5.91 Å². The highest BCUT2D eigenvalue weighted by Gasteiger charge is 2.38. The Morgan fingerprint density at radius 3 is 3.00 bits per heavy atom. The van der Waals surface area contributed by atoms with Crippen molar-refractivity contribution in [1.29, 1.82) is 0 Å². The van der Waals surface area contributed by atoms with Crippen LogP contribution in [0.1, 0.15) is 37.7 Å². The van der Waals surface area contributed by atoms with Gasteiger partial charge in [0.25, 0.3) is 0 Å². The van der Waals surface area contributed by atoms with Crippen LogP contribution in [0.4, 0.5) is 0 Å². The summed E-state index contributed by atoms with van der Waals surface area (Å²) in [5.41, 5.74) is 2.07. The predicted octanol–water partition coefficient (Wildman–Crippen LogP) is 3.66. The number of amides is 1. The average molecular weight is 326 g/mol. The highest BCUT2D eigenvalue weighted by molar-refractivity contribution is 5.89. The molecule has 4 rings (SSSR count). The van der Waals surface area contributed by atoms with E-state index >= 15 is 0 Å². The second kappa shape index (κ2) is 6.50. The van der Waals surface area contributed by atoms with Gasteiger partial charge in [-0.1, -0.05) is 6.42 Å². The summed E-state index contributed by atoms with van der Waals surface area (Å²) < 4.78 is 5.28. The Bertz CT molecular complexity index is 736. The van der Waals surface area contributed by atoms with Crippen LogP contribution in [-0.4, -0.2) is 24.5 Å². The number of carbonyl (C=O) groups excluding carboxylic acids is 1. The van der Waals surface area contributed by atoms with Crippen LogP contribution < -0.4 is 10.1 Å². The molecule has 2 aromatic rings. The molecule has 0 saturated heterocycles. The van der Waals surface area contributed by atoms with E-state index in [1.54, 1.807) is 7.11 Å². The Morgan fingerprint density at radius 1 is 1.33 bits per heavy atom. The Morgan fingerprint density at radius 2 is 2.25 bits per heavy atom. The zero-order chi connectivity index (χ0) is 16.5. The third-order valence-electron chi connectivity index (χ3n) is 6.05. The first-order valence-electron chi connectivity index (χ1n) is 9.13. The fourth-order valence-electron chi connectivity index (χ4n) is 4.79. The number of ether oxygens (including phenoxy) is 1. The van der Waals surface area contributed by atoms with E-state index in [2.05, 4.69) is 10.3 Å². The van der Waals surface area contributed by atoms with Crippen molar-refractivity contribution in [1.82, 2.24) is 10.3 Å². The van der Waals surface area contributed by atoms with Crippen molar-refractivity contribution in [3.63, 3.8) is 0 Å². The molecule has 0 radical (unpaired) electrons. The molecule has 4 nitrogen and oxygen atoms in total. The minimum atomic E-state index is 0.113. The molecule has 2 N–H and O–H groups in total. The largest absolute Gasteiger partial charge is 0.497 e. The third-order valence-corrected chi connectivity index (χ3v) is 6.05. The molecule has 2 aliphatic rings. The fourth-order valence-corrected chi connectivity index (χ4v) is 4.79. The van der Waals surface area contributed by atoms with Crippen molar-refractivity contribution in [2.45, 2.75) is 38.5 Å². The topological polar surface area (TPSA) is 54.1 Å². The molecule has 0 spiro atoms. The fraction of sp³-hybridized carbons (Fsp3) is 0.550. The van der Waals surface area contributed by atoms with Gasteiger partial charge in [0.2, 0.25) is 5.91 Å². The molecule has 1 aromatic heterocycles. The lowest BCUT2D eigenvalue weighted by atomic mass is 9.86. The van der Waals surface area contributed by atoms with Crippen molar-refractivity contribution in [3.8, 4) is 5.75 Å². The molecule has 2 bridgehead atoms. The Hall–Kier alpha value is -1.97. The summed E-state index contributed by atoms with van der Waals surface area (Å²) in [6.45, 7) is 0.818. The van der Waals surface area contributed by atoms with Gasteiger partial charge in [0, 0.05) is 23.6 Å². The summed E-state index contributed by atoms with van der Waals surface area (Å²) >= 11 is 0. The van der Waals surface area contributed by atoms with Crippen LogP contribution in [0.5, 0.6) is 5.75 Å². The maximum absolute atomic E-state index is 12.3. The number of hydrogen-bond acceptors (Lipinski definition) is 2. The number of nitrogens with one attached hydrogen (secondary N) is 2. The van der Waals surface area contributed by atoms with Crippen LogP contribution in [0.15, 0.2) is 24.4 Å². The highest BCUT2D eigenvalue weighted by Crippen LogP contribution is 2.49. The second-order valence-electron chi connectivity index (χ2n) is 7.48. The first-order chi connectivity index (χ1) is 11.7. The first-order valence-corrected chi connectivity index (χ1v) is 9.13. The molecule has 2 saturated carbocycles. The van der Waals surface area contributed by atoms with E-state index < -0.39 is 0 Å². The molecule has 2 fully saturated rings. The maximum Gasteiger partial charge on any atom is 0.224 e.